The zero-order valence-corrected chi connectivity index (χ0v) is 17.0. The van der Waals surface area contributed by atoms with E-state index in [0.29, 0.717) is 11.6 Å². The molecule has 2 heterocycles. The monoisotopic (exact) mass is 418 g/mol. The van der Waals surface area contributed by atoms with E-state index in [0.717, 1.165) is 11.1 Å². The Kier molecular flexibility index (Phi) is 6.85. The Morgan fingerprint density at radius 2 is 0.897 bits per heavy atom. The zero-order chi connectivity index (χ0) is 19.7. The van der Waals surface area contributed by atoms with Crippen LogP contribution in [-0.2, 0) is 3.63 Å². The molecule has 0 fully saturated rings. The van der Waals surface area contributed by atoms with E-state index < -0.39 is 0 Å². The van der Waals surface area contributed by atoms with Crippen molar-refractivity contribution in [3.63, 3.8) is 0 Å². The van der Waals surface area contributed by atoms with E-state index in [9.17, 15) is 0 Å². The maximum atomic E-state index is 6.05. The highest BCUT2D eigenvalue weighted by Gasteiger charge is 2.23. The lowest BCUT2D eigenvalue weighted by Crippen LogP contribution is -2.04. The molecule has 144 valence electrons. The largest absolute Gasteiger partial charge is 0.245 e. The molecule has 7 heteroatoms. The summed E-state index contributed by atoms with van der Waals surface area (Å²) in [6, 6.07) is 23.8. The molecular formula is C22H18N4OS2. The Balaban J connectivity index is 1.53. The molecule has 29 heavy (non-hydrogen) atoms. The van der Waals surface area contributed by atoms with Crippen LogP contribution in [0, 0.1) is 0 Å². The summed E-state index contributed by atoms with van der Waals surface area (Å²) < 4.78 is 6.05. The van der Waals surface area contributed by atoms with Gasteiger partial charge in [-0.3, -0.25) is 0 Å². The Bertz CT molecular complexity index is 830. The van der Waals surface area contributed by atoms with Crippen LogP contribution in [0.4, 0.5) is 0 Å². The summed E-state index contributed by atoms with van der Waals surface area (Å²) >= 11 is 2.66. The fourth-order valence-corrected chi connectivity index (χ4v) is 4.51. The van der Waals surface area contributed by atoms with Crippen molar-refractivity contribution in [2.75, 3.05) is 0 Å². The summed E-state index contributed by atoms with van der Waals surface area (Å²) in [5.41, 5.74) is 2.16. The second-order valence-electron chi connectivity index (χ2n) is 6.06. The second-order valence-corrected chi connectivity index (χ2v) is 7.93. The first-order valence-corrected chi connectivity index (χ1v) is 10.7. The number of hydrogen-bond donors (Lipinski definition) is 0. The molecule has 2 aromatic heterocycles. The molecule has 0 bridgehead atoms. The molecule has 0 N–H and O–H groups in total. The van der Waals surface area contributed by atoms with Crippen molar-refractivity contribution in [2.45, 2.75) is 10.5 Å². The molecule has 4 rings (SSSR count). The van der Waals surface area contributed by atoms with Crippen molar-refractivity contribution < 1.29 is 3.63 Å². The quantitative estimate of drug-likeness (QED) is 0.352. The molecule has 5 nitrogen and oxygen atoms in total. The summed E-state index contributed by atoms with van der Waals surface area (Å²) in [6.45, 7) is 0. The molecule has 0 saturated heterocycles. The third-order valence-electron chi connectivity index (χ3n) is 4.12. The Morgan fingerprint density at radius 3 is 1.28 bits per heavy atom. The van der Waals surface area contributed by atoms with Gasteiger partial charge >= 0.3 is 0 Å². The van der Waals surface area contributed by atoms with Gasteiger partial charge in [0, 0.05) is 48.9 Å². The second kappa shape index (κ2) is 10.2. The summed E-state index contributed by atoms with van der Waals surface area (Å²) in [4.78, 5) is 17.7. The molecule has 0 radical (unpaired) electrons. The van der Waals surface area contributed by atoms with Crippen LogP contribution in [-0.4, -0.2) is 19.9 Å². The van der Waals surface area contributed by atoms with Gasteiger partial charge in [0.2, 0.25) is 0 Å². The minimum atomic E-state index is -0.141. The maximum Gasteiger partial charge on any atom is 0.147 e. The molecule has 0 amide bonds. The van der Waals surface area contributed by atoms with Gasteiger partial charge in [-0.05, 0) is 23.3 Å². The van der Waals surface area contributed by atoms with E-state index >= 15 is 0 Å². The average molecular weight is 419 g/mol. The van der Waals surface area contributed by atoms with E-state index in [2.05, 4.69) is 44.2 Å². The highest BCUT2D eigenvalue weighted by molar-refractivity contribution is 8.08. The van der Waals surface area contributed by atoms with Crippen molar-refractivity contribution in [1.29, 1.82) is 0 Å². The van der Waals surface area contributed by atoms with Gasteiger partial charge in [0.15, 0.2) is 0 Å². The third-order valence-corrected chi connectivity index (χ3v) is 6.10. The molecule has 0 aliphatic heterocycles. The first-order chi connectivity index (χ1) is 14.4. The van der Waals surface area contributed by atoms with E-state index in [1.165, 1.54) is 24.1 Å². The minimum absolute atomic E-state index is 0.141. The zero-order valence-electron chi connectivity index (χ0n) is 15.4. The summed E-state index contributed by atoms with van der Waals surface area (Å²) in [5.74, 6) is 1.41. The highest BCUT2D eigenvalue weighted by atomic mass is 32.2. The fraction of sp³-hybridized carbons (Fsp3) is 0.0909. The van der Waals surface area contributed by atoms with Crippen LogP contribution in [0.3, 0.4) is 0 Å². The van der Waals surface area contributed by atoms with Crippen LogP contribution in [0.15, 0.2) is 97.6 Å². The van der Waals surface area contributed by atoms with E-state index in [1.807, 2.05) is 48.5 Å². The van der Waals surface area contributed by atoms with Gasteiger partial charge < -0.3 is 0 Å². The molecule has 2 atom stereocenters. The lowest BCUT2D eigenvalue weighted by Gasteiger charge is -2.17. The van der Waals surface area contributed by atoms with Crippen LogP contribution >= 0.6 is 24.1 Å². The van der Waals surface area contributed by atoms with Crippen molar-refractivity contribution >= 4 is 24.1 Å². The summed E-state index contributed by atoms with van der Waals surface area (Å²) in [5, 5.41) is -0.281. The number of rotatable bonds is 8. The summed E-state index contributed by atoms with van der Waals surface area (Å²) in [6.07, 6.45) is 6.99. The molecule has 2 aromatic carbocycles. The molecule has 0 spiro atoms. The van der Waals surface area contributed by atoms with Gasteiger partial charge in [-0.25, -0.2) is 23.6 Å². The lowest BCUT2D eigenvalue weighted by molar-refractivity contribution is 0.728. The van der Waals surface area contributed by atoms with Crippen molar-refractivity contribution in [3.05, 3.63) is 120 Å². The SMILES string of the molecule is c1ccc(C(SOSC(c2ccccc2)c2ncccn2)c2ncccn2)cc1. The van der Waals surface area contributed by atoms with Gasteiger partial charge in [0.05, 0.1) is 0 Å². The van der Waals surface area contributed by atoms with E-state index in [-0.39, 0.29) is 10.5 Å². The van der Waals surface area contributed by atoms with Crippen LogP contribution in [0.2, 0.25) is 0 Å². The van der Waals surface area contributed by atoms with Crippen LogP contribution in [0.5, 0.6) is 0 Å². The van der Waals surface area contributed by atoms with E-state index in [1.54, 1.807) is 24.8 Å². The van der Waals surface area contributed by atoms with Gasteiger partial charge in [-0.15, -0.1) is 0 Å². The molecule has 2 unspecified atom stereocenters. The van der Waals surface area contributed by atoms with Crippen LogP contribution in [0.25, 0.3) is 0 Å². The predicted octanol–water partition coefficient (Wildman–Crippen LogP) is 5.46. The Labute approximate surface area is 178 Å². The third kappa shape index (κ3) is 5.20. The van der Waals surface area contributed by atoms with Gasteiger partial charge in [0.25, 0.3) is 0 Å². The van der Waals surface area contributed by atoms with E-state index in [4.69, 9.17) is 3.63 Å². The molecule has 0 aliphatic rings. The van der Waals surface area contributed by atoms with Crippen molar-refractivity contribution in [1.82, 2.24) is 19.9 Å². The lowest BCUT2D eigenvalue weighted by atomic mass is 10.1. The highest BCUT2D eigenvalue weighted by Crippen LogP contribution is 2.42. The molecule has 0 aliphatic carbocycles. The first-order valence-electron chi connectivity index (χ1n) is 9.04. The molecule has 0 saturated carbocycles. The maximum absolute atomic E-state index is 6.05. The number of benzene rings is 2. The standard InChI is InChI=1S/C22H18N4OS2/c1-3-9-17(10-4-1)19(21-23-13-7-14-24-21)28-27-29-20(18-11-5-2-6-12-18)22-25-15-8-16-26-22/h1-16,19-20H. The molecule has 4 aromatic rings. The van der Waals surface area contributed by atoms with Crippen molar-refractivity contribution in [2.24, 2.45) is 0 Å². The minimum Gasteiger partial charge on any atom is -0.245 e. The summed E-state index contributed by atoms with van der Waals surface area (Å²) in [7, 11) is 0. The fourth-order valence-electron chi connectivity index (χ4n) is 2.74. The predicted molar refractivity (Wildman–Crippen MR) is 117 cm³/mol. The number of aromatic nitrogens is 4. The number of hydrogen-bond acceptors (Lipinski definition) is 7. The normalized spacial score (nSPS) is 13.0. The Hall–Kier alpha value is -2.74. The number of nitrogens with zero attached hydrogens (tertiary/aromatic N) is 4. The van der Waals surface area contributed by atoms with Crippen LogP contribution in [0.1, 0.15) is 33.3 Å². The Morgan fingerprint density at radius 1 is 0.517 bits per heavy atom. The van der Waals surface area contributed by atoms with Crippen LogP contribution < -0.4 is 0 Å². The molecular weight excluding hydrogens is 400 g/mol. The van der Waals surface area contributed by atoms with Gasteiger partial charge in [-0.1, -0.05) is 60.7 Å². The smallest absolute Gasteiger partial charge is 0.147 e. The first kappa shape index (κ1) is 19.6. The van der Waals surface area contributed by atoms with Crippen molar-refractivity contribution in [3.8, 4) is 0 Å². The van der Waals surface area contributed by atoms with Gasteiger partial charge in [-0.2, -0.15) is 0 Å². The average Bonchev–Trinajstić information content (AvgIpc) is 2.81. The topological polar surface area (TPSA) is 60.8 Å². The van der Waals surface area contributed by atoms with Gasteiger partial charge in [0.1, 0.15) is 22.1 Å².